The summed E-state index contributed by atoms with van der Waals surface area (Å²) in [6, 6.07) is 5.80. The number of fused-ring (bicyclic) bond motifs is 1. The predicted octanol–water partition coefficient (Wildman–Crippen LogP) is 1.28. The number of ether oxygens (including phenoxy) is 2. The van der Waals surface area contributed by atoms with Crippen molar-refractivity contribution in [2.75, 3.05) is 32.8 Å². The van der Waals surface area contributed by atoms with Gasteiger partial charge in [-0.25, -0.2) is 0 Å². The summed E-state index contributed by atoms with van der Waals surface area (Å²) in [4.78, 5) is 14.4. The second-order valence-electron chi connectivity index (χ2n) is 5.32. The minimum atomic E-state index is 0.0639. The summed E-state index contributed by atoms with van der Waals surface area (Å²) in [7, 11) is 0. The lowest BCUT2D eigenvalue weighted by atomic mass is 10.1. The van der Waals surface area contributed by atoms with E-state index in [2.05, 4.69) is 12.2 Å². The Kier molecular flexibility index (Phi) is 3.78. The molecule has 5 nitrogen and oxygen atoms in total. The Morgan fingerprint density at radius 2 is 2.10 bits per heavy atom. The number of nitrogens with one attached hydrogen (secondary N) is 1. The average molecular weight is 276 g/mol. The number of rotatable bonds is 1. The number of hydrogen-bond acceptors (Lipinski definition) is 4. The van der Waals surface area contributed by atoms with Crippen LogP contribution in [0.2, 0.25) is 0 Å². The van der Waals surface area contributed by atoms with Crippen LogP contribution in [0.3, 0.4) is 0 Å². The predicted molar refractivity (Wildman–Crippen MR) is 75.4 cm³/mol. The highest BCUT2D eigenvalue weighted by Gasteiger charge is 2.23. The van der Waals surface area contributed by atoms with Gasteiger partial charge in [0.2, 0.25) is 0 Å². The van der Waals surface area contributed by atoms with Crippen molar-refractivity contribution < 1.29 is 14.3 Å². The highest BCUT2D eigenvalue weighted by Crippen LogP contribution is 2.30. The van der Waals surface area contributed by atoms with Crippen molar-refractivity contribution in [3.8, 4) is 11.5 Å². The number of hydrogen-bond donors (Lipinski definition) is 1. The third kappa shape index (κ3) is 2.72. The molecular weight excluding hydrogens is 256 g/mol. The maximum absolute atomic E-state index is 12.5. The van der Waals surface area contributed by atoms with Gasteiger partial charge in [0.15, 0.2) is 11.5 Å². The van der Waals surface area contributed by atoms with Crippen LogP contribution in [0.5, 0.6) is 11.5 Å². The number of carbonyl (C=O) groups is 1. The van der Waals surface area contributed by atoms with Gasteiger partial charge in [-0.05, 0) is 25.1 Å². The molecule has 2 aliphatic rings. The Morgan fingerprint density at radius 3 is 2.90 bits per heavy atom. The fraction of sp³-hybridized carbons (Fsp3) is 0.533. The maximum Gasteiger partial charge on any atom is 0.254 e. The van der Waals surface area contributed by atoms with Gasteiger partial charge in [-0.3, -0.25) is 4.79 Å². The molecule has 20 heavy (non-hydrogen) atoms. The second-order valence-corrected chi connectivity index (χ2v) is 5.32. The first kappa shape index (κ1) is 13.2. The fourth-order valence-electron chi connectivity index (χ4n) is 2.60. The first-order valence-electron chi connectivity index (χ1n) is 7.16. The first-order valence-corrected chi connectivity index (χ1v) is 7.16. The summed E-state index contributed by atoms with van der Waals surface area (Å²) < 4.78 is 11.2. The van der Waals surface area contributed by atoms with Crippen LogP contribution < -0.4 is 14.8 Å². The number of carbonyl (C=O) groups excluding carboxylic acids is 1. The van der Waals surface area contributed by atoms with E-state index in [1.54, 1.807) is 6.07 Å². The van der Waals surface area contributed by atoms with Gasteiger partial charge in [0, 0.05) is 37.7 Å². The zero-order chi connectivity index (χ0) is 13.9. The minimum absolute atomic E-state index is 0.0639. The van der Waals surface area contributed by atoms with Gasteiger partial charge in [0.25, 0.3) is 5.91 Å². The highest BCUT2D eigenvalue weighted by atomic mass is 16.5. The number of nitrogens with zero attached hydrogens (tertiary/aromatic N) is 1. The van der Waals surface area contributed by atoms with Crippen molar-refractivity contribution in [2.45, 2.75) is 19.4 Å². The first-order chi connectivity index (χ1) is 9.74. The van der Waals surface area contributed by atoms with E-state index in [1.165, 1.54) is 0 Å². The van der Waals surface area contributed by atoms with E-state index in [0.29, 0.717) is 30.6 Å². The van der Waals surface area contributed by atoms with Gasteiger partial charge in [0.05, 0.1) is 13.2 Å². The van der Waals surface area contributed by atoms with Gasteiger partial charge in [-0.2, -0.15) is 0 Å². The van der Waals surface area contributed by atoms with Crippen LogP contribution in [-0.4, -0.2) is 49.7 Å². The number of piperazine rings is 1. The van der Waals surface area contributed by atoms with E-state index >= 15 is 0 Å². The van der Waals surface area contributed by atoms with Gasteiger partial charge in [-0.1, -0.05) is 0 Å². The highest BCUT2D eigenvalue weighted by molar-refractivity contribution is 5.95. The smallest absolute Gasteiger partial charge is 0.254 e. The molecule has 2 aliphatic heterocycles. The molecule has 0 spiro atoms. The summed E-state index contributed by atoms with van der Waals surface area (Å²) >= 11 is 0. The molecule has 1 N–H and O–H groups in total. The molecule has 1 aromatic carbocycles. The van der Waals surface area contributed by atoms with E-state index in [4.69, 9.17) is 9.47 Å². The zero-order valence-corrected chi connectivity index (χ0v) is 11.7. The summed E-state index contributed by atoms with van der Waals surface area (Å²) in [6.07, 6.45) is 0.868. The van der Waals surface area contributed by atoms with Crippen molar-refractivity contribution in [2.24, 2.45) is 0 Å². The molecule has 0 radical (unpaired) electrons. The topological polar surface area (TPSA) is 50.8 Å². The molecule has 0 saturated carbocycles. The molecule has 0 bridgehead atoms. The molecule has 0 aromatic heterocycles. The molecular formula is C15H20N2O3. The molecule has 1 saturated heterocycles. The summed E-state index contributed by atoms with van der Waals surface area (Å²) in [6.45, 7) is 5.72. The second kappa shape index (κ2) is 5.71. The van der Waals surface area contributed by atoms with Crippen LogP contribution in [0.1, 0.15) is 23.7 Å². The Hall–Kier alpha value is -1.75. The Balaban J connectivity index is 1.79. The molecule has 5 heteroatoms. The molecule has 1 amide bonds. The fourth-order valence-corrected chi connectivity index (χ4v) is 2.60. The van der Waals surface area contributed by atoms with Gasteiger partial charge in [-0.15, -0.1) is 0 Å². The molecule has 2 heterocycles. The van der Waals surface area contributed by atoms with Gasteiger partial charge < -0.3 is 19.7 Å². The third-order valence-corrected chi connectivity index (χ3v) is 3.65. The Morgan fingerprint density at radius 1 is 1.30 bits per heavy atom. The van der Waals surface area contributed by atoms with E-state index in [9.17, 15) is 4.79 Å². The van der Waals surface area contributed by atoms with Crippen LogP contribution >= 0.6 is 0 Å². The van der Waals surface area contributed by atoms with Crippen molar-refractivity contribution >= 4 is 5.91 Å². The number of benzene rings is 1. The minimum Gasteiger partial charge on any atom is -0.490 e. The molecule has 108 valence electrons. The maximum atomic E-state index is 12.5. The largest absolute Gasteiger partial charge is 0.490 e. The standard InChI is InChI=1S/C15H20N2O3/c1-11-10-17(6-5-16-11)15(18)12-3-4-13-14(9-12)20-8-2-7-19-13/h3-4,9,11,16H,2,5-8,10H2,1H3. The van der Waals surface area contributed by atoms with Crippen molar-refractivity contribution in [1.82, 2.24) is 10.2 Å². The van der Waals surface area contributed by atoms with Crippen LogP contribution in [0.4, 0.5) is 0 Å². The average Bonchev–Trinajstić information content (AvgIpc) is 2.71. The monoisotopic (exact) mass is 276 g/mol. The van der Waals surface area contributed by atoms with E-state index in [1.807, 2.05) is 17.0 Å². The normalized spacial score (nSPS) is 22.2. The zero-order valence-electron chi connectivity index (χ0n) is 11.7. The van der Waals surface area contributed by atoms with E-state index in [0.717, 1.165) is 31.8 Å². The molecule has 1 unspecified atom stereocenters. The lowest BCUT2D eigenvalue weighted by molar-refractivity contribution is 0.0708. The summed E-state index contributed by atoms with van der Waals surface area (Å²) in [5, 5.41) is 3.34. The molecule has 1 atom stereocenters. The molecule has 1 fully saturated rings. The summed E-state index contributed by atoms with van der Waals surface area (Å²) in [5.41, 5.74) is 0.670. The lowest BCUT2D eigenvalue weighted by Gasteiger charge is -2.32. The summed E-state index contributed by atoms with van der Waals surface area (Å²) in [5.74, 6) is 1.47. The quantitative estimate of drug-likeness (QED) is 0.839. The van der Waals surface area contributed by atoms with Crippen molar-refractivity contribution in [1.29, 1.82) is 0 Å². The Bertz CT molecular complexity index is 504. The molecule has 1 aromatic rings. The van der Waals surface area contributed by atoms with Gasteiger partial charge >= 0.3 is 0 Å². The number of amides is 1. The van der Waals surface area contributed by atoms with E-state index in [-0.39, 0.29) is 5.91 Å². The van der Waals surface area contributed by atoms with Crippen LogP contribution in [0.15, 0.2) is 18.2 Å². The van der Waals surface area contributed by atoms with Gasteiger partial charge in [0.1, 0.15) is 0 Å². The van der Waals surface area contributed by atoms with Crippen molar-refractivity contribution in [3.05, 3.63) is 23.8 Å². The SMILES string of the molecule is CC1CN(C(=O)c2ccc3c(c2)OCCCO3)CCN1. The Labute approximate surface area is 118 Å². The van der Waals surface area contributed by atoms with E-state index < -0.39 is 0 Å². The lowest BCUT2D eigenvalue weighted by Crippen LogP contribution is -2.51. The third-order valence-electron chi connectivity index (χ3n) is 3.65. The molecule has 3 rings (SSSR count). The molecule has 0 aliphatic carbocycles. The van der Waals surface area contributed by atoms with Crippen LogP contribution in [-0.2, 0) is 0 Å². The van der Waals surface area contributed by atoms with Crippen LogP contribution in [0, 0.1) is 0 Å². The van der Waals surface area contributed by atoms with Crippen LogP contribution in [0.25, 0.3) is 0 Å². The van der Waals surface area contributed by atoms with Crippen molar-refractivity contribution in [3.63, 3.8) is 0 Å².